The molecule has 2 fully saturated rings. The molecule has 2 heteroatoms. The van der Waals surface area contributed by atoms with Crippen LogP contribution in [0, 0.1) is 0 Å². The summed E-state index contributed by atoms with van der Waals surface area (Å²) < 4.78 is 5.83. The summed E-state index contributed by atoms with van der Waals surface area (Å²) in [6.45, 7) is 0.497. The molecule has 0 radical (unpaired) electrons. The number of hydrogen-bond donors (Lipinski definition) is 1. The van der Waals surface area contributed by atoms with Crippen molar-refractivity contribution in [3.8, 4) is 5.75 Å². The van der Waals surface area contributed by atoms with Gasteiger partial charge in [-0.2, -0.15) is 0 Å². The summed E-state index contributed by atoms with van der Waals surface area (Å²) in [6.07, 6.45) is 13.5. The van der Waals surface area contributed by atoms with Crippen molar-refractivity contribution in [2.45, 2.75) is 76.0 Å². The predicted molar refractivity (Wildman–Crippen MR) is 90.7 cm³/mol. The quantitative estimate of drug-likeness (QED) is 0.814. The van der Waals surface area contributed by atoms with Gasteiger partial charge in [0.05, 0.1) is 6.61 Å². The number of benzene rings is 1. The van der Waals surface area contributed by atoms with Crippen LogP contribution in [0.3, 0.4) is 0 Å². The Labute approximate surface area is 134 Å². The number of hydrogen-bond acceptors (Lipinski definition) is 2. The first kappa shape index (κ1) is 15.9. The number of rotatable bonds is 5. The third-order valence-electron chi connectivity index (χ3n) is 5.50. The normalized spacial score (nSPS) is 21.0. The molecule has 0 aromatic heterocycles. The first-order chi connectivity index (χ1) is 10.9. The molecule has 0 heterocycles. The van der Waals surface area contributed by atoms with Crippen LogP contribution in [0.1, 0.15) is 87.2 Å². The van der Waals surface area contributed by atoms with Crippen molar-refractivity contribution < 1.29 is 9.84 Å². The van der Waals surface area contributed by atoms with E-state index in [1.165, 1.54) is 75.3 Å². The van der Waals surface area contributed by atoms with Crippen LogP contribution in [-0.4, -0.2) is 18.3 Å². The van der Waals surface area contributed by atoms with Crippen LogP contribution >= 0.6 is 0 Å². The number of aliphatic hydroxyl groups is 1. The van der Waals surface area contributed by atoms with Gasteiger partial charge in [-0.1, -0.05) is 50.7 Å². The Morgan fingerprint density at radius 1 is 0.864 bits per heavy atom. The first-order valence-electron chi connectivity index (χ1n) is 9.26. The van der Waals surface area contributed by atoms with E-state index in [1.54, 1.807) is 0 Å². The molecule has 0 unspecified atom stereocenters. The number of aliphatic hydroxyl groups excluding tert-OH is 1. The lowest BCUT2D eigenvalue weighted by Crippen LogP contribution is -2.11. The summed E-state index contributed by atoms with van der Waals surface area (Å²) >= 11 is 0. The molecule has 1 aromatic rings. The molecule has 122 valence electrons. The SMILES string of the molecule is OCCOc1ccc(C2CCCCC2)cc1C1CCCCC1. The van der Waals surface area contributed by atoms with Gasteiger partial charge in [0.2, 0.25) is 0 Å². The zero-order valence-electron chi connectivity index (χ0n) is 13.7. The largest absolute Gasteiger partial charge is 0.491 e. The second-order valence-corrected chi connectivity index (χ2v) is 7.04. The van der Waals surface area contributed by atoms with Gasteiger partial charge < -0.3 is 9.84 Å². The van der Waals surface area contributed by atoms with Gasteiger partial charge in [0, 0.05) is 0 Å². The average molecular weight is 302 g/mol. The highest BCUT2D eigenvalue weighted by atomic mass is 16.5. The fraction of sp³-hybridized carbons (Fsp3) is 0.700. The molecule has 0 bridgehead atoms. The van der Waals surface area contributed by atoms with Crippen LogP contribution < -0.4 is 4.74 Å². The molecule has 0 spiro atoms. The average Bonchev–Trinajstić information content (AvgIpc) is 2.61. The summed E-state index contributed by atoms with van der Waals surface area (Å²) in [4.78, 5) is 0. The molecule has 0 amide bonds. The van der Waals surface area contributed by atoms with Gasteiger partial charge in [-0.15, -0.1) is 0 Å². The highest BCUT2D eigenvalue weighted by molar-refractivity contribution is 5.41. The van der Waals surface area contributed by atoms with Crippen molar-refractivity contribution >= 4 is 0 Å². The molecular formula is C20H30O2. The van der Waals surface area contributed by atoms with Crippen LogP contribution in [0.2, 0.25) is 0 Å². The fourth-order valence-corrected chi connectivity index (χ4v) is 4.28. The van der Waals surface area contributed by atoms with Crippen molar-refractivity contribution in [1.29, 1.82) is 0 Å². The minimum atomic E-state index is 0.0917. The van der Waals surface area contributed by atoms with E-state index in [0.717, 1.165) is 11.7 Å². The Morgan fingerprint density at radius 2 is 1.50 bits per heavy atom. The van der Waals surface area contributed by atoms with Crippen LogP contribution in [-0.2, 0) is 0 Å². The van der Waals surface area contributed by atoms with Gasteiger partial charge in [0.25, 0.3) is 0 Å². The molecular weight excluding hydrogens is 272 g/mol. The Bertz CT molecular complexity index is 457. The lowest BCUT2D eigenvalue weighted by molar-refractivity contribution is 0.199. The first-order valence-corrected chi connectivity index (χ1v) is 9.26. The molecule has 2 saturated carbocycles. The maximum Gasteiger partial charge on any atom is 0.122 e. The van der Waals surface area contributed by atoms with E-state index in [4.69, 9.17) is 9.84 Å². The van der Waals surface area contributed by atoms with Crippen molar-refractivity contribution in [2.75, 3.05) is 13.2 Å². The minimum Gasteiger partial charge on any atom is -0.491 e. The Hall–Kier alpha value is -1.02. The van der Waals surface area contributed by atoms with Gasteiger partial charge >= 0.3 is 0 Å². The molecule has 2 aliphatic rings. The van der Waals surface area contributed by atoms with Crippen LogP contribution in [0.4, 0.5) is 0 Å². The van der Waals surface area contributed by atoms with E-state index in [2.05, 4.69) is 18.2 Å². The highest BCUT2D eigenvalue weighted by Gasteiger charge is 2.22. The van der Waals surface area contributed by atoms with Crippen molar-refractivity contribution in [3.05, 3.63) is 29.3 Å². The van der Waals surface area contributed by atoms with E-state index in [0.29, 0.717) is 12.5 Å². The lowest BCUT2D eigenvalue weighted by Gasteiger charge is -2.27. The lowest BCUT2D eigenvalue weighted by atomic mass is 9.79. The summed E-state index contributed by atoms with van der Waals surface area (Å²) in [7, 11) is 0. The molecule has 22 heavy (non-hydrogen) atoms. The Kier molecular flexibility index (Phi) is 5.77. The summed E-state index contributed by atoms with van der Waals surface area (Å²) in [5.74, 6) is 2.43. The van der Waals surface area contributed by atoms with Gasteiger partial charge in [-0.25, -0.2) is 0 Å². The monoisotopic (exact) mass is 302 g/mol. The molecule has 2 aliphatic carbocycles. The van der Waals surface area contributed by atoms with Gasteiger partial charge in [-0.05, 0) is 54.7 Å². The summed E-state index contributed by atoms with van der Waals surface area (Å²) in [5.41, 5.74) is 2.94. The smallest absolute Gasteiger partial charge is 0.122 e. The predicted octanol–water partition coefficient (Wildman–Crippen LogP) is 5.15. The Morgan fingerprint density at radius 3 is 2.14 bits per heavy atom. The van der Waals surface area contributed by atoms with Gasteiger partial charge in [0.15, 0.2) is 0 Å². The van der Waals surface area contributed by atoms with E-state index in [1.807, 2.05) is 0 Å². The number of ether oxygens (including phenoxy) is 1. The van der Waals surface area contributed by atoms with Crippen LogP contribution in [0.15, 0.2) is 18.2 Å². The fourth-order valence-electron chi connectivity index (χ4n) is 4.28. The van der Waals surface area contributed by atoms with Crippen molar-refractivity contribution in [2.24, 2.45) is 0 Å². The minimum absolute atomic E-state index is 0.0917. The van der Waals surface area contributed by atoms with Crippen molar-refractivity contribution in [1.82, 2.24) is 0 Å². The Balaban J connectivity index is 1.83. The standard InChI is InChI=1S/C20H30O2/c21-13-14-22-20-12-11-18(16-7-3-1-4-8-16)15-19(20)17-9-5-2-6-10-17/h11-12,15-17,21H,1-10,13-14H2. The zero-order chi connectivity index (χ0) is 15.2. The highest BCUT2D eigenvalue weighted by Crippen LogP contribution is 2.41. The third kappa shape index (κ3) is 3.84. The second kappa shape index (κ2) is 8.01. The third-order valence-corrected chi connectivity index (χ3v) is 5.50. The molecule has 0 atom stereocenters. The molecule has 0 aliphatic heterocycles. The topological polar surface area (TPSA) is 29.5 Å². The molecule has 3 rings (SSSR count). The van der Waals surface area contributed by atoms with E-state index in [9.17, 15) is 0 Å². The second-order valence-electron chi connectivity index (χ2n) is 7.04. The molecule has 1 aromatic carbocycles. The maximum atomic E-state index is 9.06. The molecule has 1 N–H and O–H groups in total. The van der Waals surface area contributed by atoms with Crippen LogP contribution in [0.25, 0.3) is 0 Å². The van der Waals surface area contributed by atoms with E-state index < -0.39 is 0 Å². The van der Waals surface area contributed by atoms with E-state index >= 15 is 0 Å². The molecule has 0 saturated heterocycles. The maximum absolute atomic E-state index is 9.06. The summed E-state index contributed by atoms with van der Waals surface area (Å²) in [5, 5.41) is 9.06. The van der Waals surface area contributed by atoms with Crippen molar-refractivity contribution in [3.63, 3.8) is 0 Å². The van der Waals surface area contributed by atoms with Gasteiger partial charge in [-0.3, -0.25) is 0 Å². The molecule has 2 nitrogen and oxygen atoms in total. The zero-order valence-corrected chi connectivity index (χ0v) is 13.7. The van der Waals surface area contributed by atoms with Crippen LogP contribution in [0.5, 0.6) is 5.75 Å². The van der Waals surface area contributed by atoms with E-state index in [-0.39, 0.29) is 6.61 Å². The van der Waals surface area contributed by atoms with Gasteiger partial charge in [0.1, 0.15) is 12.4 Å². The summed E-state index contributed by atoms with van der Waals surface area (Å²) in [6, 6.07) is 6.89.